The Hall–Kier alpha value is -5.50. The molecule has 0 aliphatic carbocycles. The van der Waals surface area contributed by atoms with Gasteiger partial charge in [0.15, 0.2) is 0 Å². The zero-order valence-corrected chi connectivity index (χ0v) is 22.2. The van der Waals surface area contributed by atoms with E-state index >= 15 is 0 Å². The number of phenols is 4. The molecule has 5 aromatic carbocycles. The van der Waals surface area contributed by atoms with E-state index in [9.17, 15) is 20.4 Å². The number of benzene rings is 5. The number of anilines is 4. The van der Waals surface area contributed by atoms with Gasteiger partial charge >= 0.3 is 0 Å². The zero-order chi connectivity index (χ0) is 29.3. The van der Waals surface area contributed by atoms with E-state index in [0.29, 0.717) is 51.4 Å². The van der Waals surface area contributed by atoms with Crippen molar-refractivity contribution in [1.29, 1.82) is 0 Å². The van der Waals surface area contributed by atoms with Gasteiger partial charge in [-0.1, -0.05) is 48.5 Å². The molecule has 0 atom stereocenters. The van der Waals surface area contributed by atoms with Gasteiger partial charge in [0.2, 0.25) is 0 Å². The normalized spacial score (nSPS) is 11.3. The number of rotatable bonds is 7. The predicted molar refractivity (Wildman–Crippen MR) is 163 cm³/mol. The van der Waals surface area contributed by atoms with Gasteiger partial charge < -0.3 is 43.4 Å². The molecular formula is C33H32N4O4. The minimum atomic E-state index is -0.551. The third kappa shape index (κ3) is 5.62. The maximum Gasteiger partial charge on any atom is 0.121 e. The van der Waals surface area contributed by atoms with E-state index in [1.165, 1.54) is 24.3 Å². The molecule has 12 N–H and O–H groups in total. The van der Waals surface area contributed by atoms with Crippen molar-refractivity contribution in [2.75, 3.05) is 22.9 Å². The van der Waals surface area contributed by atoms with Crippen LogP contribution in [-0.4, -0.2) is 20.4 Å². The Morgan fingerprint density at radius 1 is 0.463 bits per heavy atom. The highest BCUT2D eigenvalue weighted by atomic mass is 16.3. The Labute approximate surface area is 237 Å². The molecule has 0 amide bonds. The smallest absolute Gasteiger partial charge is 0.121 e. The van der Waals surface area contributed by atoms with Gasteiger partial charge in [-0.3, -0.25) is 0 Å². The van der Waals surface area contributed by atoms with Gasteiger partial charge in [-0.2, -0.15) is 0 Å². The molecule has 0 aliphatic heterocycles. The standard InChI is InChI=1S/C33H32N4O4/c34-20-4-8-24(29(38)14-20)28(25-9-5-21(35)15-30(25)39)13-18-2-1-3-19(12-18)33(26-10-6-22(36)16-31(26)40)27-11-7-23(37)17-32(27)41/h1-12,14-17,28,33,38-41H,13,34-37H2. The van der Waals surface area contributed by atoms with Crippen LogP contribution in [0.15, 0.2) is 97.1 Å². The lowest BCUT2D eigenvalue weighted by molar-refractivity contribution is 0.453. The van der Waals surface area contributed by atoms with E-state index in [-0.39, 0.29) is 23.0 Å². The molecule has 208 valence electrons. The van der Waals surface area contributed by atoms with E-state index in [1.54, 1.807) is 48.5 Å². The lowest BCUT2D eigenvalue weighted by atomic mass is 9.81. The average molecular weight is 549 g/mol. The van der Waals surface area contributed by atoms with E-state index in [0.717, 1.165) is 11.1 Å². The van der Waals surface area contributed by atoms with Gasteiger partial charge in [-0.25, -0.2) is 0 Å². The van der Waals surface area contributed by atoms with Gasteiger partial charge in [0.25, 0.3) is 0 Å². The Morgan fingerprint density at radius 3 is 1.24 bits per heavy atom. The highest BCUT2D eigenvalue weighted by Crippen LogP contribution is 2.43. The Balaban J connectivity index is 1.63. The molecule has 0 aromatic heterocycles. The van der Waals surface area contributed by atoms with E-state index < -0.39 is 11.8 Å². The summed E-state index contributed by atoms with van der Waals surface area (Å²) in [5.41, 5.74) is 29.2. The van der Waals surface area contributed by atoms with Crippen LogP contribution in [0.2, 0.25) is 0 Å². The first kappa shape index (κ1) is 27.1. The summed E-state index contributed by atoms with van der Waals surface area (Å²) in [6.07, 6.45) is 0.400. The van der Waals surface area contributed by atoms with Crippen LogP contribution in [0.25, 0.3) is 0 Å². The van der Waals surface area contributed by atoms with Gasteiger partial charge in [-0.15, -0.1) is 0 Å². The Morgan fingerprint density at radius 2 is 0.854 bits per heavy atom. The van der Waals surface area contributed by atoms with Crippen LogP contribution in [0.4, 0.5) is 22.7 Å². The molecule has 0 saturated heterocycles. The van der Waals surface area contributed by atoms with Crippen LogP contribution in [0, 0.1) is 0 Å². The molecule has 0 saturated carbocycles. The molecule has 41 heavy (non-hydrogen) atoms. The van der Waals surface area contributed by atoms with Gasteiger partial charge in [-0.05, 0) is 41.8 Å². The highest BCUT2D eigenvalue weighted by Gasteiger charge is 2.25. The van der Waals surface area contributed by atoms with Crippen molar-refractivity contribution in [3.05, 3.63) is 130 Å². The van der Waals surface area contributed by atoms with E-state index in [2.05, 4.69) is 0 Å². The summed E-state index contributed by atoms with van der Waals surface area (Å²) < 4.78 is 0. The number of hydrogen-bond donors (Lipinski definition) is 8. The summed E-state index contributed by atoms with van der Waals surface area (Å²) in [7, 11) is 0. The number of aromatic hydroxyl groups is 4. The summed E-state index contributed by atoms with van der Waals surface area (Å²) in [5.74, 6) is -0.983. The molecule has 0 bridgehead atoms. The first-order valence-corrected chi connectivity index (χ1v) is 13.0. The highest BCUT2D eigenvalue weighted by molar-refractivity contribution is 5.60. The molecule has 5 aromatic rings. The molecular weight excluding hydrogens is 516 g/mol. The van der Waals surface area contributed by atoms with E-state index in [4.69, 9.17) is 22.9 Å². The van der Waals surface area contributed by atoms with Crippen LogP contribution in [0.3, 0.4) is 0 Å². The first-order valence-electron chi connectivity index (χ1n) is 13.0. The molecule has 0 fully saturated rings. The summed E-state index contributed by atoms with van der Waals surface area (Å²) in [6, 6.07) is 27.4. The summed E-state index contributed by atoms with van der Waals surface area (Å²) in [6.45, 7) is 0. The van der Waals surface area contributed by atoms with Crippen LogP contribution < -0.4 is 22.9 Å². The predicted octanol–water partition coefficient (Wildman–Crippen LogP) is 5.39. The lowest BCUT2D eigenvalue weighted by Gasteiger charge is -2.24. The topological polar surface area (TPSA) is 185 Å². The van der Waals surface area contributed by atoms with Crippen molar-refractivity contribution in [3.8, 4) is 23.0 Å². The minimum Gasteiger partial charge on any atom is -0.508 e. The first-order chi connectivity index (χ1) is 19.6. The van der Waals surface area contributed by atoms with Gasteiger partial charge in [0, 0.05) is 81.1 Å². The van der Waals surface area contributed by atoms with Crippen LogP contribution in [0.5, 0.6) is 23.0 Å². The summed E-state index contributed by atoms with van der Waals surface area (Å²) in [5, 5.41) is 43.4. The largest absolute Gasteiger partial charge is 0.508 e. The summed E-state index contributed by atoms with van der Waals surface area (Å²) >= 11 is 0. The second-order valence-corrected chi connectivity index (χ2v) is 10.2. The quantitative estimate of drug-likeness (QED) is 0.0982. The van der Waals surface area contributed by atoms with Crippen molar-refractivity contribution in [2.24, 2.45) is 0 Å². The maximum absolute atomic E-state index is 10.9. The SMILES string of the molecule is Nc1ccc(C(Cc2cccc(C(c3ccc(N)cc3O)c3ccc(N)cc3O)c2)c2ccc(N)cc2O)c(O)c1. The fourth-order valence-electron chi connectivity index (χ4n) is 5.37. The molecule has 0 radical (unpaired) electrons. The second-order valence-electron chi connectivity index (χ2n) is 10.2. The van der Waals surface area contributed by atoms with Crippen molar-refractivity contribution < 1.29 is 20.4 Å². The third-order valence-corrected chi connectivity index (χ3v) is 7.32. The Bertz CT molecular complexity index is 1630. The number of nitrogen functional groups attached to an aromatic ring is 4. The van der Waals surface area contributed by atoms with Crippen LogP contribution >= 0.6 is 0 Å². The monoisotopic (exact) mass is 548 g/mol. The van der Waals surface area contributed by atoms with Crippen molar-refractivity contribution >= 4 is 22.7 Å². The lowest BCUT2D eigenvalue weighted by Crippen LogP contribution is -2.09. The van der Waals surface area contributed by atoms with Gasteiger partial charge in [0.1, 0.15) is 23.0 Å². The minimum absolute atomic E-state index is 0.00639. The average Bonchev–Trinajstić information content (AvgIpc) is 2.91. The maximum atomic E-state index is 10.9. The van der Waals surface area contributed by atoms with E-state index in [1.807, 2.05) is 24.3 Å². The molecule has 8 heteroatoms. The number of nitrogens with two attached hydrogens (primary N) is 4. The summed E-state index contributed by atoms with van der Waals surface area (Å²) in [4.78, 5) is 0. The Kier molecular flexibility index (Phi) is 7.22. The molecule has 0 unspecified atom stereocenters. The van der Waals surface area contributed by atoms with Crippen LogP contribution in [0.1, 0.15) is 45.2 Å². The van der Waals surface area contributed by atoms with Crippen LogP contribution in [-0.2, 0) is 6.42 Å². The fourth-order valence-corrected chi connectivity index (χ4v) is 5.37. The van der Waals surface area contributed by atoms with Crippen molar-refractivity contribution in [1.82, 2.24) is 0 Å². The molecule has 0 spiro atoms. The van der Waals surface area contributed by atoms with Crippen molar-refractivity contribution in [2.45, 2.75) is 18.3 Å². The number of hydrogen-bond acceptors (Lipinski definition) is 8. The number of phenolic OH excluding ortho intramolecular Hbond substituents is 4. The van der Waals surface area contributed by atoms with Gasteiger partial charge in [0.05, 0.1) is 0 Å². The second kappa shape index (κ2) is 10.9. The molecule has 5 rings (SSSR count). The molecule has 0 aliphatic rings. The van der Waals surface area contributed by atoms with Crippen molar-refractivity contribution in [3.63, 3.8) is 0 Å². The molecule has 8 nitrogen and oxygen atoms in total. The fraction of sp³-hybridized carbons (Fsp3) is 0.0909. The molecule has 0 heterocycles. The third-order valence-electron chi connectivity index (χ3n) is 7.32. The zero-order valence-electron chi connectivity index (χ0n) is 22.2.